The molecule has 1 fully saturated rings. The number of rotatable bonds is 6. The highest BCUT2D eigenvalue weighted by Gasteiger charge is 2.36. The van der Waals surface area contributed by atoms with E-state index in [9.17, 15) is 13.2 Å². The first-order valence-electron chi connectivity index (χ1n) is 8.87. The molecule has 1 atom stereocenters. The first-order chi connectivity index (χ1) is 12.9. The van der Waals surface area contributed by atoms with Gasteiger partial charge >= 0.3 is 0 Å². The molecule has 6 nitrogen and oxygen atoms in total. The smallest absolute Gasteiger partial charge is 0.242 e. The molecule has 1 aliphatic heterocycles. The van der Waals surface area contributed by atoms with E-state index in [1.54, 1.807) is 13.2 Å². The lowest BCUT2D eigenvalue weighted by molar-refractivity contribution is -0.119. The Morgan fingerprint density at radius 1 is 1.22 bits per heavy atom. The third-order valence-corrected chi connectivity index (χ3v) is 6.01. The maximum absolute atomic E-state index is 12.6. The van der Waals surface area contributed by atoms with Gasteiger partial charge in [0.05, 0.1) is 13.4 Å². The molecule has 2 aromatic carbocycles. The molecule has 7 heteroatoms. The summed E-state index contributed by atoms with van der Waals surface area (Å²) < 4.78 is 30.5. The summed E-state index contributed by atoms with van der Waals surface area (Å²) in [7, 11) is -1.78. The van der Waals surface area contributed by atoms with Crippen LogP contribution in [-0.4, -0.2) is 44.6 Å². The van der Waals surface area contributed by atoms with Crippen molar-refractivity contribution < 1.29 is 17.9 Å². The zero-order chi connectivity index (χ0) is 19.4. The minimum absolute atomic E-state index is 0.297. The monoisotopic (exact) mass is 388 g/mol. The third-order valence-electron chi connectivity index (χ3n) is 4.72. The molecule has 0 spiro atoms. The molecule has 1 aliphatic rings. The van der Waals surface area contributed by atoms with Gasteiger partial charge in [0.25, 0.3) is 0 Å². The lowest BCUT2D eigenvalue weighted by Gasteiger charge is -2.21. The lowest BCUT2D eigenvalue weighted by atomic mass is 10.0. The number of anilines is 1. The highest BCUT2D eigenvalue weighted by Crippen LogP contribution is 2.27. The number of sulfonamides is 1. The van der Waals surface area contributed by atoms with Crippen LogP contribution in [0.15, 0.2) is 48.5 Å². The Kier molecular flexibility index (Phi) is 5.82. The van der Waals surface area contributed by atoms with Crippen molar-refractivity contribution in [3.63, 3.8) is 0 Å². The number of nitrogens with zero attached hydrogens (tertiary/aromatic N) is 1. The number of carbonyl (C=O) groups excluding carboxylic acids is 1. The van der Waals surface area contributed by atoms with Crippen LogP contribution in [0.2, 0.25) is 0 Å². The number of amides is 1. The summed E-state index contributed by atoms with van der Waals surface area (Å²) >= 11 is 0. The van der Waals surface area contributed by atoms with Gasteiger partial charge in [-0.15, -0.1) is 0 Å². The fourth-order valence-corrected chi connectivity index (χ4v) is 4.56. The van der Waals surface area contributed by atoms with E-state index in [4.69, 9.17) is 4.74 Å². The molecule has 144 valence electrons. The van der Waals surface area contributed by atoms with Crippen molar-refractivity contribution in [3.8, 4) is 5.75 Å². The summed E-state index contributed by atoms with van der Waals surface area (Å²) in [6.07, 6.45) is 3.04. The van der Waals surface area contributed by atoms with E-state index in [0.29, 0.717) is 31.5 Å². The van der Waals surface area contributed by atoms with E-state index in [-0.39, 0.29) is 5.91 Å². The maximum atomic E-state index is 12.6. The second-order valence-electron chi connectivity index (χ2n) is 6.71. The summed E-state index contributed by atoms with van der Waals surface area (Å²) in [4.78, 5) is 12.6. The van der Waals surface area contributed by atoms with Gasteiger partial charge in [0.2, 0.25) is 15.9 Å². The number of nitrogens with one attached hydrogen (secondary N) is 1. The number of ether oxygens (including phenoxy) is 1. The first kappa shape index (κ1) is 19.4. The Hall–Kier alpha value is -2.38. The van der Waals surface area contributed by atoms with Crippen LogP contribution in [0, 0.1) is 0 Å². The highest BCUT2D eigenvalue weighted by molar-refractivity contribution is 7.88. The minimum atomic E-state index is -3.40. The lowest BCUT2D eigenvalue weighted by Crippen LogP contribution is -2.42. The van der Waals surface area contributed by atoms with E-state index in [1.807, 2.05) is 42.5 Å². The van der Waals surface area contributed by atoms with Gasteiger partial charge in [0.1, 0.15) is 11.8 Å². The largest absolute Gasteiger partial charge is 0.496 e. The molecule has 0 aromatic heterocycles. The van der Waals surface area contributed by atoms with Crippen molar-refractivity contribution in [1.82, 2.24) is 4.31 Å². The van der Waals surface area contributed by atoms with Crippen molar-refractivity contribution in [2.45, 2.75) is 25.3 Å². The Morgan fingerprint density at radius 3 is 2.63 bits per heavy atom. The van der Waals surface area contributed by atoms with Crippen LogP contribution in [0.5, 0.6) is 5.75 Å². The highest BCUT2D eigenvalue weighted by atomic mass is 32.2. The molecule has 0 bridgehead atoms. The molecule has 1 heterocycles. The number of benzene rings is 2. The van der Waals surface area contributed by atoms with Crippen molar-refractivity contribution in [2.75, 3.05) is 25.2 Å². The molecular weight excluding hydrogens is 364 g/mol. The molecule has 27 heavy (non-hydrogen) atoms. The normalized spacial score (nSPS) is 17.6. The molecular formula is C20H24N2O4S. The van der Waals surface area contributed by atoms with E-state index in [1.165, 1.54) is 4.31 Å². The van der Waals surface area contributed by atoms with Crippen LogP contribution in [0.1, 0.15) is 24.0 Å². The van der Waals surface area contributed by atoms with Crippen LogP contribution in [0.4, 0.5) is 5.69 Å². The standard InChI is InChI=1S/C20H24N2O4S/c1-26-19-11-10-17(14-16(19)13-15-7-4-3-5-8-15)21-20(23)18-9-6-12-22(18)27(2,24)25/h3-5,7-8,10-11,14,18H,6,9,12-13H2,1-2H3,(H,21,23). The van der Waals surface area contributed by atoms with Crippen LogP contribution >= 0.6 is 0 Å². The summed E-state index contributed by atoms with van der Waals surface area (Å²) in [5, 5.41) is 2.86. The zero-order valence-corrected chi connectivity index (χ0v) is 16.3. The summed E-state index contributed by atoms with van der Waals surface area (Å²) in [6, 6.07) is 14.8. The fourth-order valence-electron chi connectivity index (χ4n) is 3.43. The molecule has 0 aliphatic carbocycles. The van der Waals surface area contributed by atoms with E-state index >= 15 is 0 Å². The Balaban J connectivity index is 1.79. The van der Waals surface area contributed by atoms with Gasteiger partial charge in [0, 0.05) is 24.2 Å². The van der Waals surface area contributed by atoms with Crippen molar-refractivity contribution in [1.29, 1.82) is 0 Å². The van der Waals surface area contributed by atoms with E-state index in [0.717, 1.165) is 23.1 Å². The van der Waals surface area contributed by atoms with Gasteiger partial charge in [0.15, 0.2) is 0 Å². The fraction of sp³-hybridized carbons (Fsp3) is 0.350. The average Bonchev–Trinajstić information content (AvgIpc) is 3.13. The molecule has 1 N–H and O–H groups in total. The summed E-state index contributed by atoms with van der Waals surface area (Å²) in [6.45, 7) is 0.388. The number of methoxy groups -OCH3 is 1. The molecule has 0 saturated carbocycles. The molecule has 2 aromatic rings. The molecule has 1 amide bonds. The van der Waals surface area contributed by atoms with Crippen LogP contribution in [-0.2, 0) is 21.2 Å². The predicted molar refractivity (Wildman–Crippen MR) is 105 cm³/mol. The van der Waals surface area contributed by atoms with Crippen molar-refractivity contribution >= 4 is 21.6 Å². The van der Waals surface area contributed by atoms with Gasteiger partial charge in [-0.1, -0.05) is 30.3 Å². The minimum Gasteiger partial charge on any atom is -0.496 e. The quantitative estimate of drug-likeness (QED) is 0.825. The first-order valence-corrected chi connectivity index (χ1v) is 10.7. The average molecular weight is 388 g/mol. The van der Waals surface area contributed by atoms with Crippen LogP contribution < -0.4 is 10.1 Å². The number of hydrogen-bond donors (Lipinski definition) is 1. The van der Waals surface area contributed by atoms with Gasteiger partial charge in [-0.2, -0.15) is 4.31 Å². The van der Waals surface area contributed by atoms with Crippen LogP contribution in [0.25, 0.3) is 0 Å². The Morgan fingerprint density at radius 2 is 1.96 bits per heavy atom. The number of hydrogen-bond acceptors (Lipinski definition) is 4. The van der Waals surface area contributed by atoms with Gasteiger partial charge in [-0.05, 0) is 36.6 Å². The zero-order valence-electron chi connectivity index (χ0n) is 15.5. The number of carbonyl (C=O) groups is 1. The summed E-state index contributed by atoms with van der Waals surface area (Å²) in [5.41, 5.74) is 2.72. The van der Waals surface area contributed by atoms with Gasteiger partial charge in [-0.25, -0.2) is 8.42 Å². The predicted octanol–water partition coefficient (Wildman–Crippen LogP) is 2.65. The Bertz CT molecular complexity index is 913. The second-order valence-corrected chi connectivity index (χ2v) is 8.65. The maximum Gasteiger partial charge on any atom is 0.242 e. The van der Waals surface area contributed by atoms with Crippen LogP contribution in [0.3, 0.4) is 0 Å². The van der Waals surface area contributed by atoms with E-state index < -0.39 is 16.1 Å². The SMILES string of the molecule is COc1ccc(NC(=O)C2CCCN2S(C)(=O)=O)cc1Cc1ccccc1. The molecule has 3 rings (SSSR count). The van der Waals surface area contributed by atoms with Gasteiger partial charge < -0.3 is 10.1 Å². The van der Waals surface area contributed by atoms with Gasteiger partial charge in [-0.3, -0.25) is 4.79 Å². The summed E-state index contributed by atoms with van der Waals surface area (Å²) in [5.74, 6) is 0.448. The third kappa shape index (κ3) is 4.67. The van der Waals surface area contributed by atoms with Crippen molar-refractivity contribution in [3.05, 3.63) is 59.7 Å². The van der Waals surface area contributed by atoms with Crippen molar-refractivity contribution in [2.24, 2.45) is 0 Å². The molecule has 1 unspecified atom stereocenters. The van der Waals surface area contributed by atoms with E-state index in [2.05, 4.69) is 5.32 Å². The molecule has 1 saturated heterocycles. The second kappa shape index (κ2) is 8.10. The molecule has 0 radical (unpaired) electrons. The topological polar surface area (TPSA) is 75.7 Å². The Labute approximate surface area is 160 Å².